The van der Waals surface area contributed by atoms with Gasteiger partial charge in [-0.1, -0.05) is 53.2 Å². The highest BCUT2D eigenvalue weighted by atomic mass is 16.5. The van der Waals surface area contributed by atoms with E-state index in [-0.39, 0.29) is 18.3 Å². The molecule has 2 amide bonds. The topological polar surface area (TPSA) is 97.1 Å². The fourth-order valence-corrected chi connectivity index (χ4v) is 2.25. The molecule has 3 aromatic rings. The predicted octanol–water partition coefficient (Wildman–Crippen LogP) is 2.20. The van der Waals surface area contributed by atoms with Crippen LogP contribution in [0, 0.1) is 6.92 Å². The predicted molar refractivity (Wildman–Crippen MR) is 95.6 cm³/mol. The van der Waals surface area contributed by atoms with Gasteiger partial charge in [-0.2, -0.15) is 4.98 Å². The first-order valence-corrected chi connectivity index (χ1v) is 8.15. The minimum Gasteiger partial charge on any atom is -0.350 e. The van der Waals surface area contributed by atoms with Gasteiger partial charge in [-0.3, -0.25) is 9.59 Å². The molecule has 1 heterocycles. The van der Waals surface area contributed by atoms with Crippen LogP contribution in [-0.4, -0.2) is 35.0 Å². The zero-order valence-electron chi connectivity index (χ0n) is 14.2. The Hall–Kier alpha value is -3.48. The lowest BCUT2D eigenvalue weighted by Gasteiger charge is -2.05. The van der Waals surface area contributed by atoms with E-state index in [1.165, 1.54) is 0 Å². The van der Waals surface area contributed by atoms with Gasteiger partial charge in [0.15, 0.2) is 0 Å². The highest BCUT2D eigenvalue weighted by molar-refractivity contribution is 5.94. The van der Waals surface area contributed by atoms with Crippen molar-refractivity contribution in [3.8, 4) is 11.4 Å². The fraction of sp³-hybridized carbons (Fsp3) is 0.158. The molecule has 132 valence electrons. The molecule has 7 heteroatoms. The van der Waals surface area contributed by atoms with Crippen LogP contribution in [0.15, 0.2) is 59.1 Å². The van der Waals surface area contributed by atoms with Crippen molar-refractivity contribution in [3.63, 3.8) is 0 Å². The lowest BCUT2D eigenvalue weighted by Crippen LogP contribution is -2.34. The summed E-state index contributed by atoms with van der Waals surface area (Å²) in [4.78, 5) is 28.0. The minimum absolute atomic E-state index is 0.116. The molecule has 0 bridgehead atoms. The molecule has 0 aliphatic heterocycles. The summed E-state index contributed by atoms with van der Waals surface area (Å²) in [5, 5.41) is 9.17. The van der Waals surface area contributed by atoms with E-state index in [1.807, 2.05) is 37.3 Å². The second-order valence-corrected chi connectivity index (χ2v) is 5.67. The normalized spacial score (nSPS) is 10.3. The van der Waals surface area contributed by atoms with Gasteiger partial charge in [0.05, 0.1) is 0 Å². The molecule has 0 aliphatic rings. The molecule has 0 radical (unpaired) electrons. The lowest BCUT2D eigenvalue weighted by molar-refractivity contribution is 0.0898. The van der Waals surface area contributed by atoms with Crippen molar-refractivity contribution >= 4 is 11.8 Å². The zero-order chi connectivity index (χ0) is 18.4. The summed E-state index contributed by atoms with van der Waals surface area (Å²) in [5.74, 6) is -0.438. The molecular weight excluding hydrogens is 332 g/mol. The maximum Gasteiger partial charge on any atom is 0.316 e. The number of hydrogen-bond acceptors (Lipinski definition) is 5. The first-order valence-electron chi connectivity index (χ1n) is 8.15. The standard InChI is InChI=1S/C19H18N4O3/c1-13-7-9-14(10-8-13)16-22-19(26-23-16)18(25)21-12-11-20-17(24)15-5-3-2-4-6-15/h2-10H,11-12H2,1H3,(H,20,24)(H,21,25). The van der Waals surface area contributed by atoms with Crippen molar-refractivity contribution in [1.29, 1.82) is 0 Å². The second-order valence-electron chi connectivity index (χ2n) is 5.67. The Bertz CT molecular complexity index is 889. The first kappa shape index (κ1) is 17.3. The molecule has 7 nitrogen and oxygen atoms in total. The van der Waals surface area contributed by atoms with Crippen LogP contribution in [0.3, 0.4) is 0 Å². The summed E-state index contributed by atoms with van der Waals surface area (Å²) in [6.45, 7) is 2.52. The Morgan fingerprint density at radius 3 is 2.27 bits per heavy atom. The van der Waals surface area contributed by atoms with Crippen LogP contribution in [0.1, 0.15) is 26.6 Å². The number of nitrogens with one attached hydrogen (secondary N) is 2. The van der Waals surface area contributed by atoms with Gasteiger partial charge in [-0.25, -0.2) is 0 Å². The molecule has 3 rings (SSSR count). The van der Waals surface area contributed by atoms with Crippen molar-refractivity contribution < 1.29 is 14.1 Å². The summed E-state index contributed by atoms with van der Waals surface area (Å²) in [7, 11) is 0. The number of carbonyl (C=O) groups is 2. The van der Waals surface area contributed by atoms with Crippen LogP contribution >= 0.6 is 0 Å². The molecule has 0 aliphatic carbocycles. The lowest BCUT2D eigenvalue weighted by atomic mass is 10.1. The summed E-state index contributed by atoms with van der Waals surface area (Å²) >= 11 is 0. The molecule has 0 saturated carbocycles. The van der Waals surface area contributed by atoms with Crippen LogP contribution in [0.4, 0.5) is 0 Å². The zero-order valence-corrected chi connectivity index (χ0v) is 14.2. The van der Waals surface area contributed by atoms with Crippen molar-refractivity contribution in [3.05, 3.63) is 71.6 Å². The van der Waals surface area contributed by atoms with Gasteiger partial charge in [-0.15, -0.1) is 0 Å². The Kier molecular flexibility index (Phi) is 5.38. The molecular formula is C19H18N4O3. The number of benzene rings is 2. The van der Waals surface area contributed by atoms with Crippen LogP contribution in [0.5, 0.6) is 0 Å². The maximum absolute atomic E-state index is 12.0. The summed E-state index contributed by atoms with van der Waals surface area (Å²) in [6.07, 6.45) is 0. The van der Waals surface area contributed by atoms with E-state index in [9.17, 15) is 9.59 Å². The SMILES string of the molecule is Cc1ccc(-c2noc(C(=O)NCCNC(=O)c3ccccc3)n2)cc1. The van der Waals surface area contributed by atoms with E-state index in [4.69, 9.17) is 4.52 Å². The Balaban J connectivity index is 1.48. The average Bonchev–Trinajstić information content (AvgIpc) is 3.16. The highest BCUT2D eigenvalue weighted by Crippen LogP contribution is 2.16. The Labute approximate surface area is 150 Å². The Morgan fingerprint density at radius 1 is 0.923 bits per heavy atom. The van der Waals surface area contributed by atoms with E-state index in [1.54, 1.807) is 24.3 Å². The van der Waals surface area contributed by atoms with Crippen molar-refractivity contribution in [2.24, 2.45) is 0 Å². The van der Waals surface area contributed by atoms with Crippen molar-refractivity contribution in [2.75, 3.05) is 13.1 Å². The number of amides is 2. The largest absolute Gasteiger partial charge is 0.350 e. The quantitative estimate of drug-likeness (QED) is 0.664. The van der Waals surface area contributed by atoms with Crippen LogP contribution in [0.2, 0.25) is 0 Å². The molecule has 2 aromatic carbocycles. The highest BCUT2D eigenvalue weighted by Gasteiger charge is 2.15. The van der Waals surface area contributed by atoms with E-state index in [2.05, 4.69) is 20.8 Å². The minimum atomic E-state index is -0.482. The summed E-state index contributed by atoms with van der Waals surface area (Å²) in [6, 6.07) is 16.4. The molecule has 1 aromatic heterocycles. The molecule has 26 heavy (non-hydrogen) atoms. The van der Waals surface area contributed by atoms with E-state index in [0.717, 1.165) is 11.1 Å². The number of aryl methyl sites for hydroxylation is 1. The van der Waals surface area contributed by atoms with Crippen molar-refractivity contribution in [2.45, 2.75) is 6.92 Å². The average molecular weight is 350 g/mol. The maximum atomic E-state index is 12.0. The van der Waals surface area contributed by atoms with Gasteiger partial charge in [0, 0.05) is 24.2 Å². The number of rotatable bonds is 6. The third-order valence-electron chi connectivity index (χ3n) is 3.66. The molecule has 0 saturated heterocycles. The van der Waals surface area contributed by atoms with E-state index >= 15 is 0 Å². The van der Waals surface area contributed by atoms with Gasteiger partial charge < -0.3 is 15.2 Å². The van der Waals surface area contributed by atoms with Gasteiger partial charge >= 0.3 is 11.8 Å². The van der Waals surface area contributed by atoms with Gasteiger partial charge in [0.1, 0.15) is 0 Å². The third kappa shape index (κ3) is 4.32. The third-order valence-corrected chi connectivity index (χ3v) is 3.66. The van der Waals surface area contributed by atoms with Crippen molar-refractivity contribution in [1.82, 2.24) is 20.8 Å². The van der Waals surface area contributed by atoms with Gasteiger partial charge in [0.2, 0.25) is 5.82 Å². The second kappa shape index (κ2) is 8.06. The number of hydrogen-bond donors (Lipinski definition) is 2. The van der Waals surface area contributed by atoms with Crippen LogP contribution < -0.4 is 10.6 Å². The molecule has 0 unspecified atom stereocenters. The van der Waals surface area contributed by atoms with E-state index < -0.39 is 5.91 Å². The van der Waals surface area contributed by atoms with Gasteiger partial charge in [-0.05, 0) is 19.1 Å². The van der Waals surface area contributed by atoms with E-state index in [0.29, 0.717) is 17.9 Å². The number of nitrogens with zero attached hydrogens (tertiary/aromatic N) is 2. The molecule has 2 N–H and O–H groups in total. The number of aromatic nitrogens is 2. The summed E-state index contributed by atoms with van der Waals surface area (Å²) in [5.41, 5.74) is 2.46. The van der Waals surface area contributed by atoms with Crippen LogP contribution in [0.25, 0.3) is 11.4 Å². The summed E-state index contributed by atoms with van der Waals surface area (Å²) < 4.78 is 5.00. The smallest absolute Gasteiger partial charge is 0.316 e. The monoisotopic (exact) mass is 350 g/mol. The number of carbonyl (C=O) groups excluding carboxylic acids is 2. The molecule has 0 fully saturated rings. The molecule has 0 atom stereocenters. The van der Waals surface area contributed by atoms with Gasteiger partial charge in [0.25, 0.3) is 5.91 Å². The molecule has 0 spiro atoms. The Morgan fingerprint density at radius 2 is 1.58 bits per heavy atom. The first-order chi connectivity index (χ1) is 12.6. The fourth-order valence-electron chi connectivity index (χ4n) is 2.25. The van der Waals surface area contributed by atoms with Crippen LogP contribution in [-0.2, 0) is 0 Å².